The lowest BCUT2D eigenvalue weighted by atomic mass is 10.2. The van der Waals surface area contributed by atoms with Crippen molar-refractivity contribution in [2.24, 2.45) is 0 Å². The molecule has 1 unspecified atom stereocenters. The highest BCUT2D eigenvalue weighted by Gasteiger charge is 2.19. The van der Waals surface area contributed by atoms with E-state index < -0.39 is 0 Å². The minimum absolute atomic E-state index is 0.132. The molecule has 118 valence electrons. The molecule has 1 atom stereocenters. The molecule has 1 amide bonds. The first-order chi connectivity index (χ1) is 10.4. The number of hydrogen-bond donors (Lipinski definition) is 1. The fourth-order valence-corrected chi connectivity index (χ4v) is 3.09. The number of halogens is 2. The van der Waals surface area contributed by atoms with Crippen molar-refractivity contribution >= 4 is 46.1 Å². The smallest absolute Gasteiger partial charge is 0.241 e. The molecule has 1 aromatic heterocycles. The number of anilines is 1. The van der Waals surface area contributed by atoms with Crippen LogP contribution in [0, 0.1) is 6.92 Å². The summed E-state index contributed by atoms with van der Waals surface area (Å²) in [5, 5.41) is 4.83. The highest BCUT2D eigenvalue weighted by molar-refractivity contribution is 7.11. The van der Waals surface area contributed by atoms with Gasteiger partial charge in [0.1, 0.15) is 0 Å². The zero-order valence-corrected chi connectivity index (χ0v) is 14.9. The van der Waals surface area contributed by atoms with Gasteiger partial charge in [-0.3, -0.25) is 9.69 Å². The van der Waals surface area contributed by atoms with Gasteiger partial charge in [0.15, 0.2) is 0 Å². The summed E-state index contributed by atoms with van der Waals surface area (Å²) in [5.74, 6) is -0.132. The average molecular weight is 358 g/mol. The molecule has 7 heteroatoms. The fourth-order valence-electron chi connectivity index (χ4n) is 1.89. The highest BCUT2D eigenvalue weighted by atomic mass is 35.5. The number of amides is 1. The van der Waals surface area contributed by atoms with Gasteiger partial charge >= 0.3 is 0 Å². The van der Waals surface area contributed by atoms with Crippen LogP contribution in [0.3, 0.4) is 0 Å². The van der Waals surface area contributed by atoms with Gasteiger partial charge in [0.05, 0.1) is 21.8 Å². The SMILES string of the molecule is Cc1ncc(CN(C)C(C)C(=O)Nc2cc(Cl)ccc2Cl)s1. The van der Waals surface area contributed by atoms with Crippen molar-refractivity contribution in [1.82, 2.24) is 9.88 Å². The van der Waals surface area contributed by atoms with Crippen LogP contribution >= 0.6 is 34.5 Å². The molecule has 0 fully saturated rings. The Kier molecular flexibility index (Phi) is 5.81. The maximum atomic E-state index is 12.3. The van der Waals surface area contributed by atoms with Crippen molar-refractivity contribution in [1.29, 1.82) is 0 Å². The second-order valence-corrected chi connectivity index (χ2v) is 7.21. The third kappa shape index (κ3) is 4.43. The molecule has 2 rings (SSSR count). The summed E-state index contributed by atoms with van der Waals surface area (Å²) in [4.78, 5) is 19.7. The van der Waals surface area contributed by atoms with Crippen LogP contribution in [0.4, 0.5) is 5.69 Å². The van der Waals surface area contributed by atoms with Gasteiger partial charge in [-0.05, 0) is 39.1 Å². The zero-order valence-electron chi connectivity index (χ0n) is 12.6. The maximum Gasteiger partial charge on any atom is 0.241 e. The van der Waals surface area contributed by atoms with Crippen molar-refractivity contribution in [3.8, 4) is 0 Å². The van der Waals surface area contributed by atoms with E-state index in [2.05, 4.69) is 10.3 Å². The first-order valence-electron chi connectivity index (χ1n) is 6.74. The van der Waals surface area contributed by atoms with Crippen LogP contribution in [0.1, 0.15) is 16.8 Å². The summed E-state index contributed by atoms with van der Waals surface area (Å²) in [6.45, 7) is 4.48. The zero-order chi connectivity index (χ0) is 16.3. The molecular formula is C15H17Cl2N3OS. The maximum absolute atomic E-state index is 12.3. The van der Waals surface area contributed by atoms with Crippen molar-refractivity contribution in [2.75, 3.05) is 12.4 Å². The molecule has 1 N–H and O–H groups in total. The van der Waals surface area contributed by atoms with E-state index in [1.807, 2.05) is 32.0 Å². The molecular weight excluding hydrogens is 341 g/mol. The summed E-state index contributed by atoms with van der Waals surface area (Å²) in [5.41, 5.74) is 0.521. The van der Waals surface area contributed by atoms with Gasteiger partial charge in [-0.15, -0.1) is 11.3 Å². The molecule has 0 saturated carbocycles. The van der Waals surface area contributed by atoms with E-state index in [1.165, 1.54) is 0 Å². The van der Waals surface area contributed by atoms with Crippen LogP contribution in [-0.4, -0.2) is 28.9 Å². The van der Waals surface area contributed by atoms with Crippen molar-refractivity contribution in [3.63, 3.8) is 0 Å². The molecule has 22 heavy (non-hydrogen) atoms. The van der Waals surface area contributed by atoms with Gasteiger partial charge in [-0.25, -0.2) is 4.98 Å². The molecule has 0 bridgehead atoms. The predicted molar refractivity (Wildman–Crippen MR) is 92.9 cm³/mol. The Morgan fingerprint density at radius 2 is 2.18 bits per heavy atom. The Morgan fingerprint density at radius 1 is 1.45 bits per heavy atom. The molecule has 0 spiro atoms. The van der Waals surface area contributed by atoms with Gasteiger partial charge in [0, 0.05) is 22.6 Å². The summed E-state index contributed by atoms with van der Waals surface area (Å²) in [6, 6.07) is 4.67. The Bertz CT molecular complexity index is 675. The minimum atomic E-state index is -0.308. The van der Waals surface area contributed by atoms with Gasteiger partial charge in [-0.2, -0.15) is 0 Å². The fraction of sp³-hybridized carbons (Fsp3) is 0.333. The Balaban J connectivity index is 2.00. The number of hydrogen-bond acceptors (Lipinski definition) is 4. The van der Waals surface area contributed by atoms with E-state index in [0.29, 0.717) is 22.3 Å². The Morgan fingerprint density at radius 3 is 2.82 bits per heavy atom. The molecule has 0 aliphatic carbocycles. The Labute approximate surface area is 144 Å². The number of nitrogens with one attached hydrogen (secondary N) is 1. The summed E-state index contributed by atoms with van der Waals surface area (Å²) < 4.78 is 0. The van der Waals surface area contributed by atoms with Crippen molar-refractivity contribution in [2.45, 2.75) is 26.4 Å². The lowest BCUT2D eigenvalue weighted by Crippen LogP contribution is -2.39. The first kappa shape index (κ1) is 17.2. The lowest BCUT2D eigenvalue weighted by Gasteiger charge is -2.23. The van der Waals surface area contributed by atoms with Crippen LogP contribution in [0.2, 0.25) is 10.0 Å². The molecule has 1 aromatic carbocycles. The third-order valence-electron chi connectivity index (χ3n) is 3.30. The van der Waals surface area contributed by atoms with Crippen molar-refractivity contribution in [3.05, 3.63) is 44.3 Å². The standard InChI is InChI=1S/C15H17Cl2N3OS/c1-9(20(3)8-12-7-18-10(2)22-12)15(21)19-14-6-11(16)4-5-13(14)17/h4-7,9H,8H2,1-3H3,(H,19,21). The third-order valence-corrected chi connectivity index (χ3v) is 4.76. The van der Waals surface area contributed by atoms with Gasteiger partial charge in [0.25, 0.3) is 0 Å². The first-order valence-corrected chi connectivity index (χ1v) is 8.31. The van der Waals surface area contributed by atoms with Crippen LogP contribution in [0.15, 0.2) is 24.4 Å². The Hall–Kier alpha value is -1.14. The molecule has 0 aliphatic rings. The van der Waals surface area contributed by atoms with Crippen LogP contribution in [0.25, 0.3) is 0 Å². The monoisotopic (exact) mass is 357 g/mol. The molecule has 0 radical (unpaired) electrons. The number of nitrogens with zero attached hydrogens (tertiary/aromatic N) is 2. The summed E-state index contributed by atoms with van der Waals surface area (Å²) in [6.07, 6.45) is 1.84. The van der Waals surface area contributed by atoms with E-state index in [0.717, 1.165) is 9.88 Å². The van der Waals surface area contributed by atoms with E-state index >= 15 is 0 Å². The number of aryl methyl sites for hydroxylation is 1. The van der Waals surface area contributed by atoms with Gasteiger partial charge in [-0.1, -0.05) is 23.2 Å². The van der Waals surface area contributed by atoms with E-state index in [9.17, 15) is 4.79 Å². The van der Waals surface area contributed by atoms with Crippen LogP contribution < -0.4 is 5.32 Å². The number of rotatable bonds is 5. The average Bonchev–Trinajstić information content (AvgIpc) is 2.87. The largest absolute Gasteiger partial charge is 0.323 e. The summed E-state index contributed by atoms with van der Waals surface area (Å²) in [7, 11) is 1.90. The predicted octanol–water partition coefficient (Wildman–Crippen LogP) is 4.22. The number of benzene rings is 1. The number of thiazole rings is 1. The summed E-state index contributed by atoms with van der Waals surface area (Å²) >= 11 is 13.6. The molecule has 4 nitrogen and oxygen atoms in total. The quantitative estimate of drug-likeness (QED) is 0.871. The molecule has 0 aliphatic heterocycles. The van der Waals surface area contributed by atoms with Crippen molar-refractivity contribution < 1.29 is 4.79 Å². The molecule has 1 heterocycles. The molecule has 0 saturated heterocycles. The van der Waals surface area contributed by atoms with Crippen LogP contribution in [-0.2, 0) is 11.3 Å². The lowest BCUT2D eigenvalue weighted by molar-refractivity contribution is -0.120. The van der Waals surface area contributed by atoms with E-state index in [1.54, 1.807) is 29.5 Å². The van der Waals surface area contributed by atoms with Gasteiger partial charge in [0.2, 0.25) is 5.91 Å². The van der Waals surface area contributed by atoms with E-state index in [4.69, 9.17) is 23.2 Å². The second kappa shape index (κ2) is 7.42. The minimum Gasteiger partial charge on any atom is -0.323 e. The molecule has 2 aromatic rings. The number of likely N-dealkylation sites (N-methyl/N-ethyl adjacent to an activating group) is 1. The van der Waals surface area contributed by atoms with E-state index in [-0.39, 0.29) is 11.9 Å². The number of carbonyl (C=O) groups excluding carboxylic acids is 1. The topological polar surface area (TPSA) is 45.2 Å². The highest BCUT2D eigenvalue weighted by Crippen LogP contribution is 2.25. The normalized spacial score (nSPS) is 12.5. The number of aromatic nitrogens is 1. The van der Waals surface area contributed by atoms with Gasteiger partial charge < -0.3 is 5.32 Å². The number of carbonyl (C=O) groups is 1. The van der Waals surface area contributed by atoms with Crippen LogP contribution in [0.5, 0.6) is 0 Å². The second-order valence-electron chi connectivity index (χ2n) is 5.05.